The number of hydrogen-bond acceptors (Lipinski definition) is 5. The third-order valence-electron chi connectivity index (χ3n) is 4.32. The van der Waals surface area contributed by atoms with Crippen LogP contribution in [0.4, 0.5) is 11.4 Å². The standard InChI is InChI=1S/C23H19N3O3S/c27-22(26(18-10-4-1-5-11-18)19-12-6-2-7-13-19)16-25-23(30)29-21(24-25)17-28-20-14-8-3-9-15-20/h1-15H,16-17H2. The van der Waals surface area contributed by atoms with Crippen LogP contribution in [0.15, 0.2) is 95.4 Å². The first-order valence-corrected chi connectivity index (χ1v) is 9.79. The van der Waals surface area contributed by atoms with E-state index in [0.29, 0.717) is 11.6 Å². The molecule has 0 fully saturated rings. The normalized spacial score (nSPS) is 10.5. The van der Waals surface area contributed by atoms with Crippen molar-refractivity contribution < 1.29 is 13.9 Å². The molecular weight excluding hydrogens is 398 g/mol. The molecule has 0 atom stereocenters. The number of benzene rings is 3. The number of para-hydroxylation sites is 3. The molecule has 150 valence electrons. The average Bonchev–Trinajstić information content (AvgIpc) is 3.14. The van der Waals surface area contributed by atoms with E-state index in [1.165, 1.54) is 4.68 Å². The first-order valence-electron chi connectivity index (χ1n) is 9.38. The third-order valence-corrected chi connectivity index (χ3v) is 4.61. The van der Waals surface area contributed by atoms with Gasteiger partial charge in [0.05, 0.1) is 0 Å². The van der Waals surface area contributed by atoms with E-state index < -0.39 is 0 Å². The molecular formula is C23H19N3O3S. The first-order chi connectivity index (χ1) is 14.7. The zero-order chi connectivity index (χ0) is 20.8. The second-order valence-corrected chi connectivity index (χ2v) is 6.77. The lowest BCUT2D eigenvalue weighted by molar-refractivity contribution is -0.118. The van der Waals surface area contributed by atoms with Crippen LogP contribution in [0.2, 0.25) is 0 Å². The molecule has 30 heavy (non-hydrogen) atoms. The summed E-state index contributed by atoms with van der Waals surface area (Å²) < 4.78 is 12.5. The molecule has 1 aromatic heterocycles. The molecule has 0 bridgehead atoms. The fourth-order valence-corrected chi connectivity index (χ4v) is 3.16. The second kappa shape index (κ2) is 9.19. The topological polar surface area (TPSA) is 60.5 Å². The van der Waals surface area contributed by atoms with E-state index in [4.69, 9.17) is 21.4 Å². The summed E-state index contributed by atoms with van der Waals surface area (Å²) >= 11 is 5.25. The maximum atomic E-state index is 13.2. The van der Waals surface area contributed by atoms with E-state index in [1.807, 2.05) is 91.0 Å². The molecule has 7 heteroatoms. The molecule has 0 aliphatic rings. The number of rotatable bonds is 7. The molecule has 4 aromatic rings. The van der Waals surface area contributed by atoms with Gasteiger partial charge in [0.2, 0.25) is 0 Å². The van der Waals surface area contributed by atoms with Crippen LogP contribution in [0.25, 0.3) is 0 Å². The average molecular weight is 417 g/mol. The van der Waals surface area contributed by atoms with Crippen LogP contribution in [0, 0.1) is 4.84 Å². The van der Waals surface area contributed by atoms with Crippen molar-refractivity contribution in [2.45, 2.75) is 13.2 Å². The van der Waals surface area contributed by atoms with Crippen molar-refractivity contribution in [2.24, 2.45) is 0 Å². The minimum absolute atomic E-state index is 0.0581. The Morgan fingerprint density at radius 3 is 2.00 bits per heavy atom. The lowest BCUT2D eigenvalue weighted by atomic mass is 10.2. The highest BCUT2D eigenvalue weighted by atomic mass is 32.1. The van der Waals surface area contributed by atoms with Gasteiger partial charge in [-0.1, -0.05) is 54.6 Å². The molecule has 1 amide bonds. The quantitative estimate of drug-likeness (QED) is 0.389. The van der Waals surface area contributed by atoms with Crippen LogP contribution in [0.1, 0.15) is 5.89 Å². The Bertz CT molecular complexity index is 1120. The molecule has 0 aliphatic heterocycles. The number of ether oxygens (including phenoxy) is 1. The predicted molar refractivity (Wildman–Crippen MR) is 116 cm³/mol. The highest BCUT2D eigenvalue weighted by Gasteiger charge is 2.20. The summed E-state index contributed by atoms with van der Waals surface area (Å²) in [7, 11) is 0. The number of carbonyl (C=O) groups is 1. The smallest absolute Gasteiger partial charge is 0.287 e. The van der Waals surface area contributed by atoms with Gasteiger partial charge in [-0.2, -0.15) is 0 Å². The van der Waals surface area contributed by atoms with Gasteiger partial charge in [0.25, 0.3) is 16.6 Å². The lowest BCUT2D eigenvalue weighted by Crippen LogP contribution is -2.30. The Morgan fingerprint density at radius 2 is 1.43 bits per heavy atom. The van der Waals surface area contributed by atoms with Crippen molar-refractivity contribution in [3.05, 3.63) is 102 Å². The van der Waals surface area contributed by atoms with E-state index in [1.54, 1.807) is 4.90 Å². The maximum Gasteiger partial charge on any atom is 0.287 e. The maximum absolute atomic E-state index is 13.2. The Morgan fingerprint density at radius 1 is 0.900 bits per heavy atom. The molecule has 0 spiro atoms. The van der Waals surface area contributed by atoms with E-state index in [2.05, 4.69) is 5.10 Å². The van der Waals surface area contributed by atoms with Crippen LogP contribution >= 0.6 is 12.2 Å². The summed E-state index contributed by atoms with van der Waals surface area (Å²) in [4.78, 5) is 15.0. The molecule has 6 nitrogen and oxygen atoms in total. The predicted octanol–water partition coefficient (Wildman–Crippen LogP) is 5.15. The molecule has 1 heterocycles. The van der Waals surface area contributed by atoms with Gasteiger partial charge in [-0.25, -0.2) is 4.68 Å². The van der Waals surface area contributed by atoms with Crippen LogP contribution in [0.5, 0.6) is 5.75 Å². The number of hydrogen-bond donors (Lipinski definition) is 0. The third kappa shape index (κ3) is 4.64. The summed E-state index contributed by atoms with van der Waals surface area (Å²) in [5, 5.41) is 4.31. The van der Waals surface area contributed by atoms with Gasteiger partial charge in [-0.05, 0) is 48.6 Å². The van der Waals surface area contributed by atoms with Crippen molar-refractivity contribution in [3.8, 4) is 5.75 Å². The largest absolute Gasteiger partial charge is 0.484 e. The molecule has 0 radical (unpaired) electrons. The summed E-state index contributed by atoms with van der Waals surface area (Å²) in [6.07, 6.45) is 0. The minimum atomic E-state index is -0.188. The van der Waals surface area contributed by atoms with Crippen molar-refractivity contribution in [2.75, 3.05) is 4.90 Å². The van der Waals surface area contributed by atoms with Gasteiger partial charge in [0.15, 0.2) is 6.61 Å². The van der Waals surface area contributed by atoms with Crippen LogP contribution in [-0.4, -0.2) is 15.7 Å². The second-order valence-electron chi connectivity index (χ2n) is 6.42. The van der Waals surface area contributed by atoms with Crippen LogP contribution < -0.4 is 9.64 Å². The van der Waals surface area contributed by atoms with Gasteiger partial charge in [-0.3, -0.25) is 9.69 Å². The minimum Gasteiger partial charge on any atom is -0.484 e. The molecule has 0 saturated heterocycles. The van der Waals surface area contributed by atoms with Gasteiger partial charge >= 0.3 is 0 Å². The Kier molecular flexibility index (Phi) is 6.01. The van der Waals surface area contributed by atoms with E-state index in [-0.39, 0.29) is 23.9 Å². The van der Waals surface area contributed by atoms with Crippen LogP contribution in [-0.2, 0) is 17.9 Å². The van der Waals surface area contributed by atoms with Crippen molar-refractivity contribution in [1.29, 1.82) is 0 Å². The Labute approximate surface area is 179 Å². The molecule has 3 aromatic carbocycles. The van der Waals surface area contributed by atoms with Gasteiger partial charge in [0, 0.05) is 11.4 Å². The van der Waals surface area contributed by atoms with Gasteiger partial charge in [-0.15, -0.1) is 5.10 Å². The Hall–Kier alpha value is -3.71. The number of aromatic nitrogens is 2. The number of amides is 1. The molecule has 4 rings (SSSR count). The van der Waals surface area contributed by atoms with Crippen molar-refractivity contribution in [1.82, 2.24) is 9.78 Å². The first kappa shape index (κ1) is 19.6. The molecule has 0 aliphatic carbocycles. The molecule has 0 N–H and O–H groups in total. The van der Waals surface area contributed by atoms with E-state index in [9.17, 15) is 4.79 Å². The van der Waals surface area contributed by atoms with Gasteiger partial charge in [0.1, 0.15) is 12.3 Å². The summed E-state index contributed by atoms with van der Waals surface area (Å²) in [6.45, 7) is 0.0629. The molecule has 0 unspecified atom stereocenters. The highest BCUT2D eigenvalue weighted by molar-refractivity contribution is 7.71. The van der Waals surface area contributed by atoms with E-state index >= 15 is 0 Å². The van der Waals surface area contributed by atoms with Crippen molar-refractivity contribution >= 4 is 29.5 Å². The zero-order valence-corrected chi connectivity index (χ0v) is 16.9. The fraction of sp³-hybridized carbons (Fsp3) is 0.0870. The number of nitrogens with zero attached hydrogens (tertiary/aromatic N) is 3. The van der Waals surface area contributed by atoms with Crippen LogP contribution in [0.3, 0.4) is 0 Å². The monoisotopic (exact) mass is 417 g/mol. The number of anilines is 2. The Balaban J connectivity index is 1.53. The lowest BCUT2D eigenvalue weighted by Gasteiger charge is -2.22. The fourth-order valence-electron chi connectivity index (χ4n) is 2.96. The van der Waals surface area contributed by atoms with Gasteiger partial charge < -0.3 is 9.15 Å². The summed E-state index contributed by atoms with van der Waals surface area (Å²) in [5.41, 5.74) is 1.52. The highest BCUT2D eigenvalue weighted by Crippen LogP contribution is 2.25. The summed E-state index contributed by atoms with van der Waals surface area (Å²) in [5.74, 6) is 0.818. The summed E-state index contributed by atoms with van der Waals surface area (Å²) in [6, 6.07) is 28.2. The van der Waals surface area contributed by atoms with E-state index in [0.717, 1.165) is 11.4 Å². The zero-order valence-electron chi connectivity index (χ0n) is 16.0. The SMILES string of the molecule is O=C(Cn1nc(COc2ccccc2)oc1=S)N(c1ccccc1)c1ccccc1. The van der Waals surface area contributed by atoms with Crippen molar-refractivity contribution in [3.63, 3.8) is 0 Å². The number of carbonyl (C=O) groups excluding carboxylic acids is 1. The molecule has 0 saturated carbocycles.